The van der Waals surface area contributed by atoms with Crippen molar-refractivity contribution >= 4 is 34.2 Å². The summed E-state index contributed by atoms with van der Waals surface area (Å²) in [6, 6.07) is 5.58. The summed E-state index contributed by atoms with van der Waals surface area (Å²) in [7, 11) is 0. The van der Waals surface area contributed by atoms with Crippen LogP contribution in [0.5, 0.6) is 0 Å². The fourth-order valence-electron chi connectivity index (χ4n) is 3.32. The van der Waals surface area contributed by atoms with Crippen molar-refractivity contribution in [3.63, 3.8) is 0 Å². The molecule has 0 unspecified atom stereocenters. The van der Waals surface area contributed by atoms with Crippen LogP contribution >= 0.6 is 0 Å². The van der Waals surface area contributed by atoms with Crippen LogP contribution in [0, 0.1) is 15.5 Å². The Morgan fingerprint density at radius 3 is 2.31 bits per heavy atom. The number of carboxylic acid groups (broad SMARTS) is 1. The maximum absolute atomic E-state index is 13.0. The molecule has 2 aromatic rings. The minimum Gasteiger partial charge on any atom is -0.480 e. The number of benzene rings is 2. The Morgan fingerprint density at radius 1 is 1.15 bits per heavy atom. The average molecular weight is 356 g/mol. The molecule has 0 aromatic heterocycles. The average Bonchev–Trinajstić information content (AvgIpc) is 2.54. The summed E-state index contributed by atoms with van der Waals surface area (Å²) >= 11 is 0. The van der Waals surface area contributed by atoms with Gasteiger partial charge in [0.1, 0.15) is 6.04 Å². The number of hydrogen-bond acceptors (Lipinski definition) is 5. The number of amides is 2. The highest BCUT2D eigenvalue weighted by Crippen LogP contribution is 2.37. The predicted molar refractivity (Wildman–Crippen MR) is 92.0 cm³/mol. The molecule has 1 atom stereocenters. The van der Waals surface area contributed by atoms with E-state index < -0.39 is 34.2 Å². The van der Waals surface area contributed by atoms with E-state index >= 15 is 0 Å². The molecule has 0 radical (unpaired) electrons. The number of non-ortho nitro benzene ring substituents is 1. The molecule has 134 valence electrons. The van der Waals surface area contributed by atoms with Crippen molar-refractivity contribution in [3.05, 3.63) is 51.6 Å². The third-order valence-corrected chi connectivity index (χ3v) is 4.38. The number of hydrogen-bond donors (Lipinski definition) is 1. The third kappa shape index (κ3) is 2.50. The van der Waals surface area contributed by atoms with E-state index in [0.29, 0.717) is 15.7 Å². The SMILES string of the molecule is CC(C)(C)[C@@H](C(=O)O)N1C(=O)c2cccc3cc([N+](=O)[O-])cc(c23)C1=O. The van der Waals surface area contributed by atoms with Crippen molar-refractivity contribution in [2.75, 3.05) is 0 Å². The van der Waals surface area contributed by atoms with Gasteiger partial charge in [0.2, 0.25) is 0 Å². The monoisotopic (exact) mass is 356 g/mol. The zero-order valence-corrected chi connectivity index (χ0v) is 14.3. The summed E-state index contributed by atoms with van der Waals surface area (Å²) in [6.07, 6.45) is 0. The van der Waals surface area contributed by atoms with E-state index in [9.17, 15) is 29.6 Å². The van der Waals surface area contributed by atoms with Crippen LogP contribution in [0.4, 0.5) is 5.69 Å². The van der Waals surface area contributed by atoms with Gasteiger partial charge in [-0.05, 0) is 16.9 Å². The second kappa shape index (κ2) is 5.62. The minimum atomic E-state index is -1.41. The number of rotatable bonds is 3. The Bertz CT molecular complexity index is 989. The fraction of sp³-hybridized carbons (Fsp3) is 0.278. The van der Waals surface area contributed by atoms with E-state index in [1.165, 1.54) is 12.1 Å². The highest BCUT2D eigenvalue weighted by Gasteiger charge is 2.46. The number of imide groups is 1. The minimum absolute atomic E-state index is 0.0418. The van der Waals surface area contributed by atoms with Gasteiger partial charge in [-0.1, -0.05) is 32.9 Å². The molecule has 1 aliphatic heterocycles. The molecule has 3 rings (SSSR count). The molecule has 26 heavy (non-hydrogen) atoms. The van der Waals surface area contributed by atoms with Crippen molar-refractivity contribution in [2.45, 2.75) is 26.8 Å². The quantitative estimate of drug-likeness (QED) is 0.513. The normalized spacial score (nSPS) is 15.3. The molecule has 8 heteroatoms. The molecular weight excluding hydrogens is 340 g/mol. The highest BCUT2D eigenvalue weighted by atomic mass is 16.6. The van der Waals surface area contributed by atoms with Gasteiger partial charge in [-0.3, -0.25) is 24.6 Å². The first-order chi connectivity index (χ1) is 12.0. The molecule has 0 saturated carbocycles. The Hall–Kier alpha value is -3.29. The van der Waals surface area contributed by atoms with Gasteiger partial charge in [0.05, 0.1) is 10.5 Å². The molecule has 0 spiro atoms. The summed E-state index contributed by atoms with van der Waals surface area (Å²) in [6.45, 7) is 4.82. The van der Waals surface area contributed by atoms with E-state index in [2.05, 4.69) is 0 Å². The molecule has 0 fully saturated rings. The first-order valence-corrected chi connectivity index (χ1v) is 7.86. The van der Waals surface area contributed by atoms with Gasteiger partial charge >= 0.3 is 5.97 Å². The van der Waals surface area contributed by atoms with Crippen molar-refractivity contribution in [1.82, 2.24) is 4.90 Å². The van der Waals surface area contributed by atoms with E-state index in [1.807, 2.05) is 0 Å². The smallest absolute Gasteiger partial charge is 0.327 e. The Morgan fingerprint density at radius 2 is 1.77 bits per heavy atom. The lowest BCUT2D eigenvalue weighted by Gasteiger charge is -2.38. The molecular formula is C18H16N2O6. The van der Waals surface area contributed by atoms with Gasteiger partial charge in [-0.2, -0.15) is 0 Å². The first-order valence-electron chi connectivity index (χ1n) is 7.86. The largest absolute Gasteiger partial charge is 0.480 e. The molecule has 8 nitrogen and oxygen atoms in total. The highest BCUT2D eigenvalue weighted by molar-refractivity contribution is 6.26. The van der Waals surface area contributed by atoms with Crippen LogP contribution in [-0.2, 0) is 4.79 Å². The lowest BCUT2D eigenvalue weighted by molar-refractivity contribution is -0.384. The van der Waals surface area contributed by atoms with Crippen LogP contribution in [-0.4, -0.2) is 38.8 Å². The number of aliphatic carboxylic acids is 1. The van der Waals surface area contributed by atoms with Crippen molar-refractivity contribution < 1.29 is 24.4 Å². The molecule has 0 bridgehead atoms. The molecule has 1 heterocycles. The summed E-state index contributed by atoms with van der Waals surface area (Å²) in [5.41, 5.74) is -1.11. The number of carbonyl (C=O) groups excluding carboxylic acids is 2. The van der Waals surface area contributed by atoms with Gasteiger partial charge in [0.15, 0.2) is 0 Å². The van der Waals surface area contributed by atoms with Gasteiger partial charge in [0.25, 0.3) is 17.5 Å². The lowest BCUT2D eigenvalue weighted by atomic mass is 9.83. The van der Waals surface area contributed by atoms with Crippen molar-refractivity contribution in [3.8, 4) is 0 Å². The third-order valence-electron chi connectivity index (χ3n) is 4.38. The van der Waals surface area contributed by atoms with E-state index in [4.69, 9.17) is 0 Å². The molecule has 0 aliphatic carbocycles. The summed E-state index contributed by atoms with van der Waals surface area (Å²) in [5.74, 6) is -2.88. The van der Waals surface area contributed by atoms with Gasteiger partial charge in [0, 0.05) is 23.1 Å². The van der Waals surface area contributed by atoms with Crippen LogP contribution in [0.2, 0.25) is 0 Å². The van der Waals surface area contributed by atoms with Crippen LogP contribution in [0.1, 0.15) is 41.5 Å². The number of carbonyl (C=O) groups is 3. The van der Waals surface area contributed by atoms with Crippen LogP contribution in [0.15, 0.2) is 30.3 Å². The predicted octanol–water partition coefficient (Wildman–Crippen LogP) is 2.84. The molecule has 2 aromatic carbocycles. The van der Waals surface area contributed by atoms with Crippen LogP contribution < -0.4 is 0 Å². The molecule has 0 saturated heterocycles. The summed E-state index contributed by atoms with van der Waals surface area (Å²) < 4.78 is 0. The Labute approximate surface area is 148 Å². The van der Waals surface area contributed by atoms with Crippen LogP contribution in [0.25, 0.3) is 10.8 Å². The Kier molecular flexibility index (Phi) is 3.79. The second-order valence-corrected chi connectivity index (χ2v) is 7.24. The van der Waals surface area contributed by atoms with Crippen LogP contribution in [0.3, 0.4) is 0 Å². The standard InChI is InChI=1S/C18H16N2O6/c1-18(2,3)14(17(23)24)19-15(21)11-6-4-5-9-7-10(20(25)26)8-12(13(9)11)16(19)22/h4-8,14H,1-3H3,(H,23,24)/t14-/m1/s1. The molecule has 2 amide bonds. The zero-order chi connectivity index (χ0) is 19.4. The topological polar surface area (TPSA) is 118 Å². The first kappa shape index (κ1) is 17.5. The number of nitro benzene ring substituents is 1. The summed E-state index contributed by atoms with van der Waals surface area (Å²) in [4.78, 5) is 49.0. The Balaban J connectivity index is 2.32. The zero-order valence-electron chi connectivity index (χ0n) is 14.3. The number of nitro groups is 1. The number of carboxylic acids is 1. The van der Waals surface area contributed by atoms with E-state index in [-0.39, 0.29) is 16.8 Å². The number of nitrogens with zero attached hydrogens (tertiary/aromatic N) is 2. The van der Waals surface area contributed by atoms with Crippen molar-refractivity contribution in [1.29, 1.82) is 0 Å². The molecule has 1 N–H and O–H groups in total. The van der Waals surface area contributed by atoms with Gasteiger partial charge in [-0.25, -0.2) is 4.79 Å². The second-order valence-electron chi connectivity index (χ2n) is 7.24. The fourth-order valence-corrected chi connectivity index (χ4v) is 3.32. The lowest BCUT2D eigenvalue weighted by Crippen LogP contribution is -2.56. The van der Waals surface area contributed by atoms with E-state index in [0.717, 1.165) is 6.07 Å². The molecule has 1 aliphatic rings. The maximum atomic E-state index is 13.0. The van der Waals surface area contributed by atoms with Gasteiger partial charge in [-0.15, -0.1) is 0 Å². The summed E-state index contributed by atoms with van der Waals surface area (Å²) in [5, 5.41) is 21.5. The van der Waals surface area contributed by atoms with E-state index in [1.54, 1.807) is 32.9 Å². The van der Waals surface area contributed by atoms with Crippen molar-refractivity contribution in [2.24, 2.45) is 5.41 Å². The maximum Gasteiger partial charge on any atom is 0.327 e. The van der Waals surface area contributed by atoms with Gasteiger partial charge < -0.3 is 5.11 Å².